The van der Waals surface area contributed by atoms with E-state index in [1.807, 2.05) is 42.5 Å². The van der Waals surface area contributed by atoms with Gasteiger partial charge < -0.3 is 10.1 Å². The molecular weight excluding hydrogens is 292 g/mol. The van der Waals surface area contributed by atoms with Crippen LogP contribution in [-0.2, 0) is 11.3 Å². The lowest BCUT2D eigenvalue weighted by molar-refractivity contribution is 0.141. The third kappa shape index (κ3) is 5.95. The highest BCUT2D eigenvalue weighted by Gasteiger charge is 2.00. The summed E-state index contributed by atoms with van der Waals surface area (Å²) in [5.74, 6) is 0. The van der Waals surface area contributed by atoms with Gasteiger partial charge in [-0.1, -0.05) is 65.8 Å². The number of hydrogen-bond acceptors (Lipinski definition) is 3. The van der Waals surface area contributed by atoms with Gasteiger partial charge in [0.1, 0.15) is 6.61 Å². The fraction of sp³-hybridized carbons (Fsp3) is 0.118. The number of alkyl carbamates (subject to hydrolysis) is 1. The molecular formula is C17H16N4O2. The van der Waals surface area contributed by atoms with Gasteiger partial charge >= 0.3 is 6.09 Å². The normalized spacial score (nSPS) is 10.1. The first-order valence-electron chi connectivity index (χ1n) is 7.04. The highest BCUT2D eigenvalue weighted by Crippen LogP contribution is 2.15. The molecule has 0 radical (unpaired) electrons. The van der Waals surface area contributed by atoms with E-state index in [1.54, 1.807) is 24.3 Å². The van der Waals surface area contributed by atoms with E-state index in [9.17, 15) is 4.79 Å². The molecule has 0 aromatic heterocycles. The molecule has 2 aromatic carbocycles. The number of azide groups is 1. The smallest absolute Gasteiger partial charge is 0.407 e. The number of ether oxygens (including phenoxy) is 1. The summed E-state index contributed by atoms with van der Waals surface area (Å²) in [6.07, 6.45) is 3.15. The van der Waals surface area contributed by atoms with Crippen LogP contribution >= 0.6 is 0 Å². The van der Waals surface area contributed by atoms with E-state index in [0.29, 0.717) is 12.2 Å². The lowest BCUT2D eigenvalue weighted by atomic mass is 10.2. The first-order valence-corrected chi connectivity index (χ1v) is 7.04. The number of rotatable bonds is 6. The van der Waals surface area contributed by atoms with Crippen molar-refractivity contribution in [2.75, 3.05) is 6.54 Å². The Balaban J connectivity index is 1.74. The molecule has 0 bridgehead atoms. The molecule has 0 spiro atoms. The van der Waals surface area contributed by atoms with Crippen molar-refractivity contribution >= 4 is 17.9 Å². The van der Waals surface area contributed by atoms with E-state index in [0.717, 1.165) is 11.1 Å². The van der Waals surface area contributed by atoms with Crippen LogP contribution in [0.5, 0.6) is 0 Å². The average molecular weight is 308 g/mol. The van der Waals surface area contributed by atoms with Gasteiger partial charge in [0.15, 0.2) is 0 Å². The second-order valence-corrected chi connectivity index (χ2v) is 4.63. The van der Waals surface area contributed by atoms with Crippen molar-refractivity contribution in [3.63, 3.8) is 0 Å². The molecule has 0 heterocycles. The third-order valence-corrected chi connectivity index (χ3v) is 2.92. The highest BCUT2D eigenvalue weighted by atomic mass is 16.5. The molecule has 0 aliphatic heterocycles. The van der Waals surface area contributed by atoms with Gasteiger partial charge in [-0.3, -0.25) is 0 Å². The van der Waals surface area contributed by atoms with Crippen LogP contribution in [0.15, 0.2) is 65.8 Å². The molecule has 1 N–H and O–H groups in total. The fourth-order valence-corrected chi connectivity index (χ4v) is 1.85. The Hall–Kier alpha value is -3.24. The van der Waals surface area contributed by atoms with Gasteiger partial charge in [0, 0.05) is 17.1 Å². The average Bonchev–Trinajstić information content (AvgIpc) is 2.58. The summed E-state index contributed by atoms with van der Waals surface area (Å²) >= 11 is 0. The van der Waals surface area contributed by atoms with Crippen LogP contribution < -0.4 is 5.32 Å². The molecule has 2 rings (SSSR count). The summed E-state index contributed by atoms with van der Waals surface area (Å²) in [5.41, 5.74) is 10.8. The predicted octanol–water partition coefficient (Wildman–Crippen LogP) is 4.57. The number of carbonyl (C=O) groups excluding carboxylic acids is 1. The fourth-order valence-electron chi connectivity index (χ4n) is 1.85. The number of nitrogens with one attached hydrogen (secondary N) is 1. The Labute approximate surface area is 134 Å². The van der Waals surface area contributed by atoms with Crippen molar-refractivity contribution in [3.8, 4) is 0 Å². The summed E-state index contributed by atoms with van der Waals surface area (Å²) in [7, 11) is 0. The van der Waals surface area contributed by atoms with Gasteiger partial charge in [0.2, 0.25) is 0 Å². The number of amides is 1. The minimum absolute atomic E-state index is 0.241. The summed E-state index contributed by atoms with van der Waals surface area (Å²) in [6, 6.07) is 16.6. The van der Waals surface area contributed by atoms with E-state index in [4.69, 9.17) is 10.3 Å². The predicted molar refractivity (Wildman–Crippen MR) is 88.9 cm³/mol. The van der Waals surface area contributed by atoms with Gasteiger partial charge in [-0.2, -0.15) is 0 Å². The monoisotopic (exact) mass is 308 g/mol. The molecule has 6 nitrogen and oxygen atoms in total. The van der Waals surface area contributed by atoms with Crippen molar-refractivity contribution in [2.45, 2.75) is 6.61 Å². The maximum Gasteiger partial charge on any atom is 0.407 e. The zero-order chi connectivity index (χ0) is 16.3. The Bertz CT molecular complexity index is 722. The minimum Gasteiger partial charge on any atom is -0.445 e. The van der Waals surface area contributed by atoms with Crippen LogP contribution in [-0.4, -0.2) is 12.6 Å². The van der Waals surface area contributed by atoms with E-state index < -0.39 is 6.09 Å². The number of carbonyl (C=O) groups is 1. The topological polar surface area (TPSA) is 87.1 Å². The Morgan fingerprint density at radius 1 is 1.22 bits per heavy atom. The molecule has 2 aromatic rings. The van der Waals surface area contributed by atoms with Crippen molar-refractivity contribution in [3.05, 3.63) is 82.2 Å². The second kappa shape index (κ2) is 8.92. The zero-order valence-corrected chi connectivity index (χ0v) is 12.4. The Morgan fingerprint density at radius 3 is 2.83 bits per heavy atom. The standard InChI is InChI=1S/C17H16N4O2/c18-21-20-16-10-4-8-14(12-16)9-5-11-19-17(22)23-13-15-6-2-1-3-7-15/h1-10,12H,11,13H2,(H,19,22). The van der Waals surface area contributed by atoms with Crippen molar-refractivity contribution in [1.29, 1.82) is 0 Å². The van der Waals surface area contributed by atoms with Crippen LogP contribution in [0.25, 0.3) is 16.5 Å². The summed E-state index contributed by atoms with van der Waals surface area (Å²) in [6.45, 7) is 0.587. The van der Waals surface area contributed by atoms with Gasteiger partial charge in [-0.25, -0.2) is 4.79 Å². The summed E-state index contributed by atoms with van der Waals surface area (Å²) in [4.78, 5) is 14.3. The maximum absolute atomic E-state index is 11.5. The van der Waals surface area contributed by atoms with E-state index in [2.05, 4.69) is 15.3 Å². The Kier molecular flexibility index (Phi) is 6.26. The van der Waals surface area contributed by atoms with Crippen molar-refractivity contribution in [2.24, 2.45) is 5.11 Å². The minimum atomic E-state index is -0.471. The Morgan fingerprint density at radius 2 is 2.04 bits per heavy atom. The van der Waals surface area contributed by atoms with Gasteiger partial charge in [0.25, 0.3) is 0 Å². The van der Waals surface area contributed by atoms with E-state index in [1.165, 1.54) is 0 Å². The quantitative estimate of drug-likeness (QED) is 0.481. The molecule has 0 aliphatic rings. The zero-order valence-electron chi connectivity index (χ0n) is 12.4. The lowest BCUT2D eigenvalue weighted by Gasteiger charge is -2.05. The van der Waals surface area contributed by atoms with E-state index >= 15 is 0 Å². The van der Waals surface area contributed by atoms with Crippen LogP contribution in [0.4, 0.5) is 10.5 Å². The number of nitrogens with zero attached hydrogens (tertiary/aromatic N) is 3. The van der Waals surface area contributed by atoms with Crippen molar-refractivity contribution < 1.29 is 9.53 Å². The van der Waals surface area contributed by atoms with Crippen LogP contribution in [0, 0.1) is 0 Å². The highest BCUT2D eigenvalue weighted by molar-refractivity contribution is 5.67. The van der Waals surface area contributed by atoms with Gasteiger partial charge in [0.05, 0.1) is 0 Å². The first-order chi connectivity index (χ1) is 11.3. The molecule has 0 aliphatic carbocycles. The summed E-state index contributed by atoms with van der Waals surface area (Å²) in [5, 5.41) is 6.17. The number of hydrogen-bond donors (Lipinski definition) is 1. The largest absolute Gasteiger partial charge is 0.445 e. The number of benzene rings is 2. The SMILES string of the molecule is [N-]=[N+]=Nc1cccc(C=CCNC(=O)OCc2ccccc2)c1. The maximum atomic E-state index is 11.5. The summed E-state index contributed by atoms with van der Waals surface area (Å²) < 4.78 is 5.09. The van der Waals surface area contributed by atoms with Crippen LogP contribution in [0.3, 0.4) is 0 Å². The van der Waals surface area contributed by atoms with Crippen LogP contribution in [0.1, 0.15) is 11.1 Å². The molecule has 1 amide bonds. The van der Waals surface area contributed by atoms with E-state index in [-0.39, 0.29) is 6.61 Å². The molecule has 116 valence electrons. The van der Waals surface area contributed by atoms with Crippen LogP contribution in [0.2, 0.25) is 0 Å². The molecule has 0 atom stereocenters. The lowest BCUT2D eigenvalue weighted by Crippen LogP contribution is -2.24. The second-order valence-electron chi connectivity index (χ2n) is 4.63. The van der Waals surface area contributed by atoms with Gasteiger partial charge in [-0.05, 0) is 22.7 Å². The van der Waals surface area contributed by atoms with Gasteiger partial charge in [-0.15, -0.1) is 0 Å². The first kappa shape index (κ1) is 16.1. The molecule has 0 unspecified atom stereocenters. The third-order valence-electron chi connectivity index (χ3n) is 2.92. The molecule has 0 saturated carbocycles. The van der Waals surface area contributed by atoms with Crippen molar-refractivity contribution in [1.82, 2.24) is 5.32 Å². The molecule has 0 fully saturated rings. The molecule has 23 heavy (non-hydrogen) atoms. The molecule has 0 saturated heterocycles. The molecule has 6 heteroatoms.